The van der Waals surface area contributed by atoms with Crippen molar-refractivity contribution in [2.75, 3.05) is 6.61 Å². The summed E-state index contributed by atoms with van der Waals surface area (Å²) < 4.78 is 11.8. The van der Waals surface area contributed by atoms with Crippen LogP contribution in [0.1, 0.15) is 93.3 Å². The average molecular weight is 449 g/mol. The molecule has 0 bridgehead atoms. The fourth-order valence-corrected chi connectivity index (χ4v) is 6.12. The maximum Gasteiger partial charge on any atom is 0.302 e. The lowest BCUT2D eigenvalue weighted by molar-refractivity contribution is -0.148. The first kappa shape index (κ1) is 23.5. The Balaban J connectivity index is 1.74. The molecule has 0 aromatic heterocycles. The fourth-order valence-electron chi connectivity index (χ4n) is 6.12. The second-order valence-electron chi connectivity index (χ2n) is 10.7. The van der Waals surface area contributed by atoms with E-state index in [1.807, 2.05) is 18.2 Å². The molecule has 1 saturated carbocycles. The second-order valence-corrected chi connectivity index (χ2v) is 10.7. The average Bonchev–Trinajstić information content (AvgIpc) is 2.78. The minimum Gasteiger partial charge on any atom is -0.489 e. The molecule has 4 heteroatoms. The molecule has 2 aliphatic carbocycles. The highest BCUT2D eigenvalue weighted by Crippen LogP contribution is 2.58. The van der Waals surface area contributed by atoms with Crippen LogP contribution in [0.2, 0.25) is 0 Å². The summed E-state index contributed by atoms with van der Waals surface area (Å²) in [5.41, 5.74) is 3.78. The van der Waals surface area contributed by atoms with Gasteiger partial charge in [0.1, 0.15) is 12.4 Å². The zero-order chi connectivity index (χ0) is 23.8. The van der Waals surface area contributed by atoms with E-state index in [1.165, 1.54) is 6.92 Å². The molecule has 0 radical (unpaired) electrons. The van der Waals surface area contributed by atoms with Crippen molar-refractivity contribution in [2.24, 2.45) is 11.3 Å². The minimum atomic E-state index is -0.260. The van der Waals surface area contributed by atoms with E-state index < -0.39 is 0 Å². The van der Waals surface area contributed by atoms with Crippen LogP contribution in [-0.2, 0) is 21.6 Å². The van der Waals surface area contributed by atoms with Crippen molar-refractivity contribution in [1.82, 2.24) is 0 Å². The summed E-state index contributed by atoms with van der Waals surface area (Å²) in [4.78, 5) is 25.0. The van der Waals surface area contributed by atoms with E-state index >= 15 is 0 Å². The summed E-state index contributed by atoms with van der Waals surface area (Å²) >= 11 is 0. The zero-order valence-electron chi connectivity index (χ0n) is 20.6. The van der Waals surface area contributed by atoms with E-state index in [1.54, 1.807) is 0 Å². The molecule has 0 N–H and O–H groups in total. The Kier molecular flexibility index (Phi) is 6.39. The number of ketones is 1. The molecule has 176 valence electrons. The van der Waals surface area contributed by atoms with Crippen molar-refractivity contribution in [3.8, 4) is 5.75 Å². The van der Waals surface area contributed by atoms with Gasteiger partial charge in [0.25, 0.3) is 0 Å². The number of carbonyl (C=O) groups excluding carboxylic acids is 2. The van der Waals surface area contributed by atoms with Gasteiger partial charge in [0.05, 0.1) is 6.61 Å². The highest BCUT2D eigenvalue weighted by Gasteiger charge is 2.54. The van der Waals surface area contributed by atoms with Crippen LogP contribution in [0.5, 0.6) is 5.75 Å². The van der Waals surface area contributed by atoms with Gasteiger partial charge < -0.3 is 9.47 Å². The lowest BCUT2D eigenvalue weighted by Gasteiger charge is -2.54. The molecule has 2 aliphatic rings. The number of benzene rings is 2. The van der Waals surface area contributed by atoms with Crippen LogP contribution in [-0.4, -0.2) is 18.4 Å². The molecule has 0 saturated heterocycles. The standard InChI is InChI=1S/C29H36O4/c1-19(2)22-14-23-24(15-26(22)32-17-21-10-7-6-8-11-21)29(5)13-9-12-28(4,18-33-20(3)30)27(29)16-25(23)31/h6-8,10-11,14-15,19,27H,9,12-13,16-18H2,1-5H3/t27-,28+,29+/m0/s1. The number of ether oxygens (including phenoxy) is 2. The van der Waals surface area contributed by atoms with E-state index in [9.17, 15) is 9.59 Å². The molecular weight excluding hydrogens is 412 g/mol. The first-order chi connectivity index (χ1) is 15.6. The van der Waals surface area contributed by atoms with E-state index in [-0.39, 0.29) is 34.4 Å². The minimum absolute atomic E-state index is 0.130. The largest absolute Gasteiger partial charge is 0.489 e. The number of hydrogen-bond acceptors (Lipinski definition) is 4. The van der Waals surface area contributed by atoms with Gasteiger partial charge in [-0.2, -0.15) is 0 Å². The van der Waals surface area contributed by atoms with E-state index in [2.05, 4.69) is 52.0 Å². The third-order valence-corrected chi connectivity index (χ3v) is 7.97. The highest BCUT2D eigenvalue weighted by molar-refractivity contribution is 6.00. The van der Waals surface area contributed by atoms with Gasteiger partial charge in [-0.3, -0.25) is 9.59 Å². The Morgan fingerprint density at radius 1 is 1.12 bits per heavy atom. The van der Waals surface area contributed by atoms with Crippen LogP contribution in [0.25, 0.3) is 0 Å². The van der Waals surface area contributed by atoms with Gasteiger partial charge in [0.2, 0.25) is 0 Å². The summed E-state index contributed by atoms with van der Waals surface area (Å²) in [6, 6.07) is 14.4. The van der Waals surface area contributed by atoms with Crippen molar-refractivity contribution in [2.45, 2.75) is 78.2 Å². The monoisotopic (exact) mass is 448 g/mol. The number of fused-ring (bicyclic) bond motifs is 3. The van der Waals surface area contributed by atoms with Gasteiger partial charge in [-0.25, -0.2) is 0 Å². The van der Waals surface area contributed by atoms with Crippen LogP contribution >= 0.6 is 0 Å². The SMILES string of the molecule is CC(=O)OC[C@@]1(C)CCC[C@]2(C)c3cc(OCc4ccccc4)c(C(C)C)cc3C(=O)C[C@@H]12. The predicted octanol–water partition coefficient (Wildman–Crippen LogP) is 6.60. The summed E-state index contributed by atoms with van der Waals surface area (Å²) in [6.07, 6.45) is 3.53. The molecule has 0 spiro atoms. The molecule has 4 nitrogen and oxygen atoms in total. The topological polar surface area (TPSA) is 52.6 Å². The third kappa shape index (κ3) is 4.45. The molecule has 0 amide bonds. The van der Waals surface area contributed by atoms with Crippen molar-refractivity contribution in [3.05, 3.63) is 64.7 Å². The lowest BCUT2D eigenvalue weighted by atomic mass is 9.49. The van der Waals surface area contributed by atoms with Crippen molar-refractivity contribution < 1.29 is 19.1 Å². The van der Waals surface area contributed by atoms with E-state index in [0.29, 0.717) is 19.6 Å². The number of rotatable bonds is 6. The molecule has 2 aromatic carbocycles. The number of hydrogen-bond donors (Lipinski definition) is 0. The van der Waals surface area contributed by atoms with Crippen molar-refractivity contribution in [1.29, 1.82) is 0 Å². The van der Waals surface area contributed by atoms with E-state index in [4.69, 9.17) is 9.47 Å². The Labute approximate surface area is 197 Å². The van der Waals surface area contributed by atoms with Crippen LogP contribution in [0.3, 0.4) is 0 Å². The Morgan fingerprint density at radius 2 is 1.85 bits per heavy atom. The highest BCUT2D eigenvalue weighted by atomic mass is 16.5. The van der Waals surface area contributed by atoms with Crippen LogP contribution in [0, 0.1) is 11.3 Å². The summed E-state index contributed by atoms with van der Waals surface area (Å²) in [5, 5.41) is 0. The Hall–Kier alpha value is -2.62. The molecule has 2 aromatic rings. The Bertz CT molecular complexity index is 1040. The normalized spacial score (nSPS) is 26.5. The fraction of sp³-hybridized carbons (Fsp3) is 0.517. The maximum absolute atomic E-state index is 13.4. The first-order valence-electron chi connectivity index (χ1n) is 12.2. The van der Waals surface area contributed by atoms with Gasteiger partial charge in [-0.1, -0.05) is 64.4 Å². The van der Waals surface area contributed by atoms with Crippen LogP contribution in [0.4, 0.5) is 0 Å². The quantitative estimate of drug-likeness (QED) is 0.467. The maximum atomic E-state index is 13.4. The third-order valence-electron chi connectivity index (χ3n) is 7.97. The number of Topliss-reactive ketones (excluding diaryl/α,β-unsaturated/α-hetero) is 1. The van der Waals surface area contributed by atoms with Gasteiger partial charge in [0.15, 0.2) is 5.78 Å². The summed E-state index contributed by atoms with van der Waals surface area (Å²) in [7, 11) is 0. The van der Waals surface area contributed by atoms with Crippen LogP contribution < -0.4 is 4.74 Å². The van der Waals surface area contributed by atoms with Gasteiger partial charge in [0, 0.05) is 24.3 Å². The van der Waals surface area contributed by atoms with Gasteiger partial charge >= 0.3 is 5.97 Å². The predicted molar refractivity (Wildman–Crippen MR) is 130 cm³/mol. The molecule has 33 heavy (non-hydrogen) atoms. The smallest absolute Gasteiger partial charge is 0.302 e. The molecule has 0 unspecified atom stereocenters. The molecular formula is C29H36O4. The van der Waals surface area contributed by atoms with Gasteiger partial charge in [-0.15, -0.1) is 0 Å². The second kappa shape index (κ2) is 8.96. The summed E-state index contributed by atoms with van der Waals surface area (Å²) in [5.74, 6) is 1.18. The molecule has 1 fully saturated rings. The Morgan fingerprint density at radius 3 is 2.52 bits per heavy atom. The number of carbonyl (C=O) groups is 2. The van der Waals surface area contributed by atoms with E-state index in [0.717, 1.165) is 47.3 Å². The molecule has 0 aliphatic heterocycles. The summed E-state index contributed by atoms with van der Waals surface area (Å²) in [6.45, 7) is 11.1. The van der Waals surface area contributed by atoms with Crippen molar-refractivity contribution in [3.63, 3.8) is 0 Å². The van der Waals surface area contributed by atoms with Crippen LogP contribution in [0.15, 0.2) is 42.5 Å². The first-order valence-corrected chi connectivity index (χ1v) is 12.2. The molecule has 0 heterocycles. The number of esters is 1. The molecule has 4 rings (SSSR count). The zero-order valence-corrected chi connectivity index (χ0v) is 20.6. The molecule has 3 atom stereocenters. The lowest BCUT2D eigenvalue weighted by Crippen LogP contribution is -2.52. The van der Waals surface area contributed by atoms with Gasteiger partial charge in [-0.05, 0) is 58.9 Å². The van der Waals surface area contributed by atoms with Crippen molar-refractivity contribution >= 4 is 11.8 Å².